The smallest absolute Gasteiger partial charge is 0.310 e. The van der Waals surface area contributed by atoms with Crippen molar-refractivity contribution in [1.29, 1.82) is 0 Å². The molecular formula is C15H23NO2. The SMILES string of the molecule is CCC(C(=O)OC)C(NC)c1ccc(C)c(C)c1. The Morgan fingerprint density at radius 1 is 1.33 bits per heavy atom. The highest BCUT2D eigenvalue weighted by Crippen LogP contribution is 2.27. The summed E-state index contributed by atoms with van der Waals surface area (Å²) in [5.41, 5.74) is 3.64. The van der Waals surface area contributed by atoms with Crippen LogP contribution in [0.3, 0.4) is 0 Å². The van der Waals surface area contributed by atoms with Gasteiger partial charge in [0.1, 0.15) is 0 Å². The first-order valence-electron chi connectivity index (χ1n) is 6.37. The second-order valence-corrected chi connectivity index (χ2v) is 4.65. The van der Waals surface area contributed by atoms with Crippen molar-refractivity contribution in [2.45, 2.75) is 33.2 Å². The molecule has 0 fully saturated rings. The van der Waals surface area contributed by atoms with Crippen molar-refractivity contribution >= 4 is 5.97 Å². The van der Waals surface area contributed by atoms with Crippen LogP contribution in [-0.2, 0) is 9.53 Å². The lowest BCUT2D eigenvalue weighted by molar-refractivity contribution is -0.146. The molecule has 100 valence electrons. The van der Waals surface area contributed by atoms with E-state index >= 15 is 0 Å². The Bertz CT molecular complexity index is 415. The highest BCUT2D eigenvalue weighted by atomic mass is 16.5. The molecule has 2 atom stereocenters. The van der Waals surface area contributed by atoms with E-state index in [9.17, 15) is 4.79 Å². The first-order chi connectivity index (χ1) is 8.54. The van der Waals surface area contributed by atoms with Gasteiger partial charge in [-0.05, 0) is 44.0 Å². The fraction of sp³-hybridized carbons (Fsp3) is 0.533. The third-order valence-corrected chi connectivity index (χ3v) is 3.55. The Morgan fingerprint density at radius 3 is 2.44 bits per heavy atom. The number of carbonyl (C=O) groups excluding carboxylic acids is 1. The molecule has 18 heavy (non-hydrogen) atoms. The van der Waals surface area contributed by atoms with Crippen molar-refractivity contribution in [3.8, 4) is 0 Å². The van der Waals surface area contributed by atoms with Crippen LogP contribution in [0, 0.1) is 19.8 Å². The number of methoxy groups -OCH3 is 1. The number of hydrogen-bond acceptors (Lipinski definition) is 3. The van der Waals surface area contributed by atoms with Crippen molar-refractivity contribution in [3.63, 3.8) is 0 Å². The summed E-state index contributed by atoms with van der Waals surface area (Å²) in [4.78, 5) is 11.8. The minimum atomic E-state index is -0.157. The minimum Gasteiger partial charge on any atom is -0.469 e. The number of hydrogen-bond donors (Lipinski definition) is 1. The van der Waals surface area contributed by atoms with E-state index in [0.29, 0.717) is 0 Å². The molecule has 1 aromatic rings. The molecule has 3 heteroatoms. The van der Waals surface area contributed by atoms with Gasteiger partial charge in [-0.25, -0.2) is 0 Å². The van der Waals surface area contributed by atoms with E-state index in [4.69, 9.17) is 4.74 Å². The molecule has 0 saturated heterocycles. The molecule has 0 aliphatic rings. The van der Waals surface area contributed by atoms with Gasteiger partial charge in [-0.2, -0.15) is 0 Å². The summed E-state index contributed by atoms with van der Waals surface area (Å²) in [7, 11) is 3.32. The number of aryl methyl sites for hydroxylation is 2. The van der Waals surface area contributed by atoms with E-state index in [0.717, 1.165) is 12.0 Å². The summed E-state index contributed by atoms with van der Waals surface area (Å²) in [6.07, 6.45) is 0.755. The number of carbonyl (C=O) groups is 1. The van der Waals surface area contributed by atoms with E-state index in [1.807, 2.05) is 14.0 Å². The topological polar surface area (TPSA) is 38.3 Å². The molecule has 0 spiro atoms. The normalized spacial score (nSPS) is 14.1. The minimum absolute atomic E-state index is 0.00162. The standard InChI is InChI=1S/C15H23NO2/c1-6-13(15(17)18-5)14(16-4)12-8-7-10(2)11(3)9-12/h7-9,13-14,16H,6H2,1-5H3. The largest absolute Gasteiger partial charge is 0.469 e. The zero-order valence-corrected chi connectivity index (χ0v) is 11.9. The molecule has 1 N–H and O–H groups in total. The van der Waals surface area contributed by atoms with Crippen molar-refractivity contribution in [3.05, 3.63) is 34.9 Å². The van der Waals surface area contributed by atoms with Crippen LogP contribution in [-0.4, -0.2) is 20.1 Å². The maximum Gasteiger partial charge on any atom is 0.310 e. The van der Waals surface area contributed by atoms with Crippen LogP contribution in [0.25, 0.3) is 0 Å². The van der Waals surface area contributed by atoms with Gasteiger partial charge in [0.2, 0.25) is 0 Å². The summed E-state index contributed by atoms with van der Waals surface area (Å²) in [5.74, 6) is -0.308. The molecule has 0 aromatic heterocycles. The van der Waals surface area contributed by atoms with Gasteiger partial charge in [-0.3, -0.25) is 4.79 Å². The van der Waals surface area contributed by atoms with Gasteiger partial charge in [0, 0.05) is 6.04 Å². The number of benzene rings is 1. The van der Waals surface area contributed by atoms with Gasteiger partial charge in [-0.15, -0.1) is 0 Å². The molecule has 0 bridgehead atoms. The number of rotatable bonds is 5. The molecular weight excluding hydrogens is 226 g/mol. The van der Waals surface area contributed by atoms with Gasteiger partial charge in [-0.1, -0.05) is 25.1 Å². The van der Waals surface area contributed by atoms with Gasteiger partial charge in [0.05, 0.1) is 13.0 Å². The highest BCUT2D eigenvalue weighted by molar-refractivity contribution is 5.73. The Hall–Kier alpha value is -1.35. The lowest BCUT2D eigenvalue weighted by Crippen LogP contribution is -2.31. The molecule has 0 amide bonds. The Morgan fingerprint density at radius 2 is 2.00 bits per heavy atom. The van der Waals surface area contributed by atoms with Gasteiger partial charge >= 0.3 is 5.97 Å². The zero-order valence-electron chi connectivity index (χ0n) is 11.9. The van der Waals surface area contributed by atoms with Crippen LogP contribution < -0.4 is 5.32 Å². The van der Waals surface area contributed by atoms with Crippen molar-refractivity contribution in [2.24, 2.45) is 5.92 Å². The molecule has 0 heterocycles. The Kier molecular flexibility index (Phi) is 5.35. The molecule has 2 unspecified atom stereocenters. The Balaban J connectivity index is 3.07. The third-order valence-electron chi connectivity index (χ3n) is 3.55. The summed E-state index contributed by atoms with van der Waals surface area (Å²) in [5, 5.41) is 3.23. The quantitative estimate of drug-likeness (QED) is 0.815. The molecule has 0 aliphatic carbocycles. The summed E-state index contributed by atoms with van der Waals surface area (Å²) < 4.78 is 4.88. The average molecular weight is 249 g/mol. The van der Waals surface area contributed by atoms with Crippen molar-refractivity contribution in [1.82, 2.24) is 5.32 Å². The number of nitrogens with one attached hydrogen (secondary N) is 1. The highest BCUT2D eigenvalue weighted by Gasteiger charge is 2.27. The second-order valence-electron chi connectivity index (χ2n) is 4.65. The van der Waals surface area contributed by atoms with E-state index in [1.165, 1.54) is 18.2 Å². The van der Waals surface area contributed by atoms with Crippen LogP contribution in [0.5, 0.6) is 0 Å². The van der Waals surface area contributed by atoms with Crippen LogP contribution in [0.15, 0.2) is 18.2 Å². The summed E-state index contributed by atoms with van der Waals surface area (Å²) >= 11 is 0. The molecule has 0 radical (unpaired) electrons. The number of ether oxygens (including phenoxy) is 1. The van der Waals surface area contributed by atoms with Crippen LogP contribution in [0.2, 0.25) is 0 Å². The summed E-state index contributed by atoms with van der Waals surface area (Å²) in [6, 6.07) is 6.32. The second kappa shape index (κ2) is 6.55. The maximum atomic E-state index is 11.8. The predicted molar refractivity (Wildman–Crippen MR) is 73.5 cm³/mol. The fourth-order valence-electron chi connectivity index (χ4n) is 2.25. The van der Waals surface area contributed by atoms with Crippen LogP contribution >= 0.6 is 0 Å². The zero-order chi connectivity index (χ0) is 13.7. The Labute approximate surface area is 110 Å². The van der Waals surface area contributed by atoms with E-state index in [2.05, 4.69) is 37.4 Å². The van der Waals surface area contributed by atoms with Gasteiger partial charge < -0.3 is 10.1 Å². The first kappa shape index (κ1) is 14.7. The van der Waals surface area contributed by atoms with Gasteiger partial charge in [0.25, 0.3) is 0 Å². The van der Waals surface area contributed by atoms with Crippen molar-refractivity contribution in [2.75, 3.05) is 14.2 Å². The van der Waals surface area contributed by atoms with E-state index in [-0.39, 0.29) is 17.9 Å². The van der Waals surface area contributed by atoms with E-state index in [1.54, 1.807) is 0 Å². The van der Waals surface area contributed by atoms with E-state index < -0.39 is 0 Å². The monoisotopic (exact) mass is 249 g/mol. The molecule has 1 aromatic carbocycles. The predicted octanol–water partition coefficient (Wildman–Crippen LogP) is 2.76. The van der Waals surface area contributed by atoms with Crippen LogP contribution in [0.1, 0.15) is 36.1 Å². The summed E-state index contributed by atoms with van der Waals surface area (Å²) in [6.45, 7) is 6.18. The lowest BCUT2D eigenvalue weighted by Gasteiger charge is -2.24. The maximum absolute atomic E-state index is 11.8. The molecule has 0 saturated carbocycles. The van der Waals surface area contributed by atoms with Crippen molar-refractivity contribution < 1.29 is 9.53 Å². The molecule has 1 rings (SSSR count). The third kappa shape index (κ3) is 3.10. The first-order valence-corrected chi connectivity index (χ1v) is 6.37. The molecule has 0 aliphatic heterocycles. The van der Waals surface area contributed by atoms with Crippen LogP contribution in [0.4, 0.5) is 0 Å². The fourth-order valence-corrected chi connectivity index (χ4v) is 2.25. The average Bonchev–Trinajstić information content (AvgIpc) is 2.38. The van der Waals surface area contributed by atoms with Gasteiger partial charge in [0.15, 0.2) is 0 Å². The molecule has 3 nitrogen and oxygen atoms in total. The lowest BCUT2D eigenvalue weighted by atomic mass is 9.89. The number of esters is 1.